The Hall–Kier alpha value is -1.89. The third kappa shape index (κ3) is 3.11. The van der Waals surface area contributed by atoms with Crippen LogP contribution in [0, 0.1) is 0 Å². The first-order valence-electron chi connectivity index (χ1n) is 5.69. The first-order chi connectivity index (χ1) is 8.88. The second-order valence-corrected chi connectivity index (χ2v) is 4.34. The summed E-state index contributed by atoms with van der Waals surface area (Å²) in [5, 5.41) is 3.71. The average Bonchev–Trinajstić information content (AvgIpc) is 2.77. The fourth-order valence-corrected chi connectivity index (χ4v) is 1.73. The predicted molar refractivity (Wildman–Crippen MR) is 63.7 cm³/mol. The van der Waals surface area contributed by atoms with Gasteiger partial charge in [-0.1, -0.05) is 6.07 Å². The van der Waals surface area contributed by atoms with Gasteiger partial charge in [-0.25, -0.2) is 9.67 Å². The van der Waals surface area contributed by atoms with Gasteiger partial charge in [0.2, 0.25) is 0 Å². The maximum absolute atomic E-state index is 12.5. The van der Waals surface area contributed by atoms with Crippen molar-refractivity contribution in [1.29, 1.82) is 0 Å². The zero-order valence-electron chi connectivity index (χ0n) is 10.2. The lowest BCUT2D eigenvalue weighted by molar-refractivity contribution is -0.137. The van der Waals surface area contributed by atoms with Crippen molar-refractivity contribution in [2.75, 3.05) is 0 Å². The molecule has 7 heteroatoms. The predicted octanol–water partition coefficient (Wildman–Crippen LogP) is 2.18. The van der Waals surface area contributed by atoms with Crippen LogP contribution >= 0.6 is 0 Å². The molecule has 2 aromatic heterocycles. The monoisotopic (exact) mass is 270 g/mol. The highest BCUT2D eigenvalue weighted by atomic mass is 19.4. The fraction of sp³-hybridized carbons (Fsp3) is 0.333. The van der Waals surface area contributed by atoms with Gasteiger partial charge in [0.25, 0.3) is 0 Å². The Morgan fingerprint density at radius 1 is 1.42 bits per heavy atom. The molecule has 19 heavy (non-hydrogen) atoms. The van der Waals surface area contributed by atoms with Crippen LogP contribution in [0.2, 0.25) is 0 Å². The molecule has 2 rings (SSSR count). The van der Waals surface area contributed by atoms with E-state index in [-0.39, 0.29) is 6.04 Å². The van der Waals surface area contributed by atoms with Crippen molar-refractivity contribution in [3.63, 3.8) is 0 Å². The molecule has 4 nitrogen and oxygen atoms in total. The molecule has 1 unspecified atom stereocenters. The fourth-order valence-electron chi connectivity index (χ4n) is 1.73. The second-order valence-electron chi connectivity index (χ2n) is 4.34. The quantitative estimate of drug-likeness (QED) is 0.930. The van der Waals surface area contributed by atoms with Gasteiger partial charge in [-0.15, -0.1) is 0 Å². The molecule has 1 atom stereocenters. The number of aromatic nitrogens is 3. The Morgan fingerprint density at radius 3 is 2.74 bits per heavy atom. The summed E-state index contributed by atoms with van der Waals surface area (Å²) in [6.07, 6.45) is -0.676. The molecule has 0 amide bonds. The maximum atomic E-state index is 12.5. The van der Waals surface area contributed by atoms with Crippen molar-refractivity contribution in [3.8, 4) is 5.82 Å². The summed E-state index contributed by atoms with van der Waals surface area (Å²) < 4.78 is 38.7. The number of rotatable bonds is 3. The van der Waals surface area contributed by atoms with Crippen LogP contribution in [0.4, 0.5) is 13.2 Å². The van der Waals surface area contributed by atoms with Crippen LogP contribution in [0.25, 0.3) is 5.82 Å². The molecule has 0 bridgehead atoms. The van der Waals surface area contributed by atoms with Crippen LogP contribution in [0.5, 0.6) is 0 Å². The minimum atomic E-state index is -4.41. The smallest absolute Gasteiger partial charge is 0.328 e. The van der Waals surface area contributed by atoms with Crippen molar-refractivity contribution in [3.05, 3.63) is 41.9 Å². The van der Waals surface area contributed by atoms with Crippen LogP contribution in [0.3, 0.4) is 0 Å². The van der Waals surface area contributed by atoms with Crippen molar-refractivity contribution >= 4 is 0 Å². The normalized spacial score (nSPS) is 13.5. The van der Waals surface area contributed by atoms with Gasteiger partial charge >= 0.3 is 6.18 Å². The summed E-state index contributed by atoms with van der Waals surface area (Å²) in [5.74, 6) is 0.371. The summed E-state index contributed by atoms with van der Waals surface area (Å²) in [4.78, 5) is 4.07. The zero-order valence-corrected chi connectivity index (χ0v) is 10.2. The lowest BCUT2D eigenvalue weighted by Crippen LogP contribution is -2.19. The topological polar surface area (TPSA) is 56.7 Å². The van der Waals surface area contributed by atoms with Gasteiger partial charge in [-0.2, -0.15) is 18.3 Å². The highest BCUT2D eigenvalue weighted by Gasteiger charge is 2.32. The van der Waals surface area contributed by atoms with Crippen LogP contribution in [0.1, 0.15) is 18.1 Å². The standard InChI is InChI=1S/C12H13F3N4/c1-8(16)5-9-3-2-4-17-11(9)19-7-10(6-18-19)12(13,14)15/h2-4,6-8H,5,16H2,1H3. The van der Waals surface area contributed by atoms with E-state index in [1.165, 1.54) is 6.20 Å². The van der Waals surface area contributed by atoms with Gasteiger partial charge in [-0.05, 0) is 25.0 Å². The lowest BCUT2D eigenvalue weighted by Gasteiger charge is -2.10. The molecule has 0 spiro atoms. The van der Waals surface area contributed by atoms with E-state index in [4.69, 9.17) is 5.73 Å². The second kappa shape index (κ2) is 5.00. The maximum Gasteiger partial charge on any atom is 0.419 e. The van der Waals surface area contributed by atoms with Crippen molar-refractivity contribution < 1.29 is 13.2 Å². The van der Waals surface area contributed by atoms with E-state index in [2.05, 4.69) is 10.1 Å². The van der Waals surface area contributed by atoms with Crippen molar-refractivity contribution in [2.45, 2.75) is 25.6 Å². The average molecular weight is 270 g/mol. The molecular weight excluding hydrogens is 257 g/mol. The van der Waals surface area contributed by atoms with Crippen LogP contribution in [-0.4, -0.2) is 20.8 Å². The van der Waals surface area contributed by atoms with E-state index in [0.717, 1.165) is 22.6 Å². The van der Waals surface area contributed by atoms with Crippen LogP contribution in [0.15, 0.2) is 30.7 Å². The Kier molecular flexibility index (Phi) is 3.57. The van der Waals surface area contributed by atoms with Gasteiger partial charge < -0.3 is 5.73 Å². The van der Waals surface area contributed by atoms with Crippen LogP contribution in [-0.2, 0) is 12.6 Å². The number of pyridine rings is 1. The van der Waals surface area contributed by atoms with E-state index >= 15 is 0 Å². The van der Waals surface area contributed by atoms with Gasteiger partial charge in [0, 0.05) is 18.4 Å². The first-order valence-corrected chi connectivity index (χ1v) is 5.69. The number of nitrogens with zero attached hydrogens (tertiary/aromatic N) is 3. The molecule has 0 aliphatic heterocycles. The van der Waals surface area contributed by atoms with Crippen LogP contribution < -0.4 is 5.73 Å². The van der Waals surface area contributed by atoms with Gasteiger partial charge in [0.15, 0.2) is 5.82 Å². The highest BCUT2D eigenvalue weighted by molar-refractivity contribution is 5.34. The SMILES string of the molecule is CC(N)Cc1cccnc1-n1cc(C(F)(F)F)cn1. The number of hydrogen-bond donors (Lipinski definition) is 1. The zero-order chi connectivity index (χ0) is 14.0. The van der Waals surface area contributed by atoms with E-state index in [0.29, 0.717) is 12.2 Å². The largest absolute Gasteiger partial charge is 0.419 e. The molecule has 0 aliphatic carbocycles. The molecule has 0 saturated carbocycles. The Labute approximate surface area is 108 Å². The molecule has 2 N–H and O–H groups in total. The molecule has 0 fully saturated rings. The molecule has 0 aromatic carbocycles. The van der Waals surface area contributed by atoms with Gasteiger partial charge in [0.05, 0.1) is 11.8 Å². The minimum Gasteiger partial charge on any atom is -0.328 e. The van der Waals surface area contributed by atoms with Gasteiger partial charge in [0.1, 0.15) is 0 Å². The Bertz CT molecular complexity index is 560. The third-order valence-electron chi connectivity index (χ3n) is 2.54. The summed E-state index contributed by atoms with van der Waals surface area (Å²) in [7, 11) is 0. The molecular formula is C12H13F3N4. The molecule has 102 valence electrons. The third-order valence-corrected chi connectivity index (χ3v) is 2.54. The highest BCUT2D eigenvalue weighted by Crippen LogP contribution is 2.29. The van der Waals surface area contributed by atoms with E-state index in [9.17, 15) is 13.2 Å². The Morgan fingerprint density at radius 2 is 2.16 bits per heavy atom. The summed E-state index contributed by atoms with van der Waals surface area (Å²) in [5.41, 5.74) is 5.67. The van der Waals surface area contributed by atoms with E-state index in [1.807, 2.05) is 6.92 Å². The molecule has 0 aliphatic rings. The van der Waals surface area contributed by atoms with E-state index in [1.54, 1.807) is 12.1 Å². The summed E-state index contributed by atoms with van der Waals surface area (Å²) >= 11 is 0. The molecule has 0 saturated heterocycles. The number of nitrogens with two attached hydrogens (primary N) is 1. The van der Waals surface area contributed by atoms with E-state index < -0.39 is 11.7 Å². The summed E-state index contributed by atoms with van der Waals surface area (Å²) in [6, 6.07) is 3.39. The first kappa shape index (κ1) is 13.5. The van der Waals surface area contributed by atoms with Gasteiger partial charge in [-0.3, -0.25) is 0 Å². The molecule has 0 radical (unpaired) electrons. The Balaban J connectivity index is 2.39. The lowest BCUT2D eigenvalue weighted by atomic mass is 10.1. The number of halogens is 3. The molecule has 2 heterocycles. The number of alkyl halides is 3. The molecule has 2 aromatic rings. The van der Waals surface area contributed by atoms with Crippen molar-refractivity contribution in [1.82, 2.24) is 14.8 Å². The number of hydrogen-bond acceptors (Lipinski definition) is 3. The minimum absolute atomic E-state index is 0.111. The van der Waals surface area contributed by atoms with Crippen molar-refractivity contribution in [2.24, 2.45) is 5.73 Å². The summed E-state index contributed by atoms with van der Waals surface area (Å²) in [6.45, 7) is 1.82.